The predicted molar refractivity (Wildman–Crippen MR) is 116 cm³/mol. The number of guanidine groups is 1. The number of carbonyl (C=O) groups is 1. The molecular formula is C22H37N5O2. The third-order valence-electron chi connectivity index (χ3n) is 6.08. The van der Waals surface area contributed by atoms with E-state index in [4.69, 9.17) is 4.42 Å². The topological polar surface area (TPSA) is 81.9 Å². The van der Waals surface area contributed by atoms with Crippen LogP contribution in [0, 0.1) is 5.92 Å². The molecule has 1 unspecified atom stereocenters. The summed E-state index contributed by atoms with van der Waals surface area (Å²) in [7, 11) is 1.77. The second kappa shape index (κ2) is 11.9. The van der Waals surface area contributed by atoms with Crippen molar-refractivity contribution in [3.05, 3.63) is 24.2 Å². The van der Waals surface area contributed by atoms with Gasteiger partial charge in [0.15, 0.2) is 5.96 Å². The van der Waals surface area contributed by atoms with Gasteiger partial charge in [0, 0.05) is 33.1 Å². The van der Waals surface area contributed by atoms with Crippen molar-refractivity contribution in [3.63, 3.8) is 0 Å². The molecule has 1 amide bonds. The number of piperidine rings is 1. The van der Waals surface area contributed by atoms with Crippen LogP contribution in [0.1, 0.15) is 63.2 Å². The van der Waals surface area contributed by atoms with E-state index in [0.29, 0.717) is 25.4 Å². The van der Waals surface area contributed by atoms with Crippen molar-refractivity contribution in [2.75, 3.05) is 39.8 Å². The highest BCUT2D eigenvalue weighted by Crippen LogP contribution is 2.27. The van der Waals surface area contributed by atoms with E-state index < -0.39 is 0 Å². The van der Waals surface area contributed by atoms with Gasteiger partial charge in [-0.3, -0.25) is 14.7 Å². The Hall–Kier alpha value is -2.02. The number of aliphatic imine (C=N–C) groups is 1. The van der Waals surface area contributed by atoms with Gasteiger partial charge >= 0.3 is 0 Å². The highest BCUT2D eigenvalue weighted by atomic mass is 16.3. The predicted octanol–water partition coefficient (Wildman–Crippen LogP) is 2.67. The number of furan rings is 1. The van der Waals surface area contributed by atoms with E-state index >= 15 is 0 Å². The lowest BCUT2D eigenvalue weighted by atomic mass is 10.0. The Balaban J connectivity index is 1.38. The van der Waals surface area contributed by atoms with Crippen molar-refractivity contribution in [3.8, 4) is 0 Å². The fraction of sp³-hybridized carbons (Fsp3) is 0.727. The summed E-state index contributed by atoms with van der Waals surface area (Å²) in [5.74, 6) is 2.51. The minimum atomic E-state index is 0.171. The first-order chi connectivity index (χ1) is 14.3. The SMILES string of the molecule is CN=C(NCCNC(=O)CC1CCCC1)NCC(c1ccco1)N1CCCCC1. The molecule has 1 aromatic heterocycles. The number of nitrogens with zero attached hydrogens (tertiary/aromatic N) is 2. The molecule has 1 aliphatic heterocycles. The summed E-state index contributed by atoms with van der Waals surface area (Å²) in [6, 6.07) is 4.21. The first-order valence-electron chi connectivity index (χ1n) is 11.2. The highest BCUT2D eigenvalue weighted by molar-refractivity contribution is 5.80. The Morgan fingerprint density at radius 2 is 1.90 bits per heavy atom. The molecular weight excluding hydrogens is 366 g/mol. The van der Waals surface area contributed by atoms with E-state index in [-0.39, 0.29) is 11.9 Å². The average Bonchev–Trinajstić information content (AvgIpc) is 3.45. The van der Waals surface area contributed by atoms with Crippen molar-refractivity contribution >= 4 is 11.9 Å². The summed E-state index contributed by atoms with van der Waals surface area (Å²) in [4.78, 5) is 18.8. The van der Waals surface area contributed by atoms with Crippen LogP contribution in [0.5, 0.6) is 0 Å². The lowest BCUT2D eigenvalue weighted by Crippen LogP contribution is -2.46. The number of hydrogen-bond donors (Lipinski definition) is 3. The zero-order valence-electron chi connectivity index (χ0n) is 17.8. The van der Waals surface area contributed by atoms with Crippen molar-refractivity contribution in [2.24, 2.45) is 10.9 Å². The van der Waals surface area contributed by atoms with Crippen LogP contribution in [0.25, 0.3) is 0 Å². The van der Waals surface area contributed by atoms with Gasteiger partial charge in [0.25, 0.3) is 0 Å². The number of nitrogens with one attached hydrogen (secondary N) is 3. The van der Waals surface area contributed by atoms with E-state index in [2.05, 4.69) is 31.9 Å². The number of carbonyl (C=O) groups excluding carboxylic acids is 1. The van der Waals surface area contributed by atoms with Crippen LogP contribution >= 0.6 is 0 Å². The monoisotopic (exact) mass is 403 g/mol. The Bertz CT molecular complexity index is 619. The zero-order valence-corrected chi connectivity index (χ0v) is 17.8. The van der Waals surface area contributed by atoms with E-state index in [1.54, 1.807) is 13.3 Å². The Morgan fingerprint density at radius 1 is 1.14 bits per heavy atom. The zero-order chi connectivity index (χ0) is 20.3. The third-order valence-corrected chi connectivity index (χ3v) is 6.08. The molecule has 3 rings (SSSR count). The van der Waals surface area contributed by atoms with E-state index in [1.165, 1.54) is 44.9 Å². The lowest BCUT2D eigenvalue weighted by Gasteiger charge is -2.33. The van der Waals surface area contributed by atoms with Crippen LogP contribution in [0.4, 0.5) is 0 Å². The van der Waals surface area contributed by atoms with Crippen LogP contribution in [-0.4, -0.2) is 56.5 Å². The molecule has 2 heterocycles. The molecule has 0 spiro atoms. The van der Waals surface area contributed by atoms with Crippen LogP contribution in [-0.2, 0) is 4.79 Å². The van der Waals surface area contributed by atoms with Crippen molar-refractivity contribution in [1.82, 2.24) is 20.9 Å². The normalized spacial score (nSPS) is 19.8. The third kappa shape index (κ3) is 7.07. The Kier molecular flexibility index (Phi) is 8.86. The summed E-state index contributed by atoms with van der Waals surface area (Å²) >= 11 is 0. The maximum absolute atomic E-state index is 12.0. The largest absolute Gasteiger partial charge is 0.468 e. The van der Waals surface area contributed by atoms with E-state index in [1.807, 2.05) is 6.07 Å². The molecule has 1 saturated heterocycles. The number of amides is 1. The van der Waals surface area contributed by atoms with Gasteiger partial charge in [-0.15, -0.1) is 0 Å². The van der Waals surface area contributed by atoms with Crippen LogP contribution in [0.3, 0.4) is 0 Å². The van der Waals surface area contributed by atoms with Gasteiger partial charge in [-0.25, -0.2) is 0 Å². The van der Waals surface area contributed by atoms with Crippen LogP contribution in [0.15, 0.2) is 27.8 Å². The molecule has 1 aliphatic carbocycles. The molecule has 7 heteroatoms. The van der Waals surface area contributed by atoms with Crippen molar-refractivity contribution in [1.29, 1.82) is 0 Å². The van der Waals surface area contributed by atoms with Gasteiger partial charge in [-0.1, -0.05) is 19.3 Å². The second-order valence-corrected chi connectivity index (χ2v) is 8.21. The molecule has 29 heavy (non-hydrogen) atoms. The van der Waals surface area contributed by atoms with E-state index in [9.17, 15) is 4.79 Å². The second-order valence-electron chi connectivity index (χ2n) is 8.21. The molecule has 1 saturated carbocycles. The lowest BCUT2D eigenvalue weighted by molar-refractivity contribution is -0.121. The van der Waals surface area contributed by atoms with Gasteiger partial charge in [-0.2, -0.15) is 0 Å². The Labute approximate surface area is 174 Å². The summed E-state index contributed by atoms with van der Waals surface area (Å²) in [5, 5.41) is 9.74. The number of rotatable bonds is 9. The summed E-state index contributed by atoms with van der Waals surface area (Å²) in [5.41, 5.74) is 0. The minimum Gasteiger partial charge on any atom is -0.468 e. The highest BCUT2D eigenvalue weighted by Gasteiger charge is 2.24. The van der Waals surface area contributed by atoms with Crippen molar-refractivity contribution < 1.29 is 9.21 Å². The Morgan fingerprint density at radius 3 is 2.59 bits per heavy atom. The quantitative estimate of drug-likeness (QED) is 0.335. The number of likely N-dealkylation sites (tertiary alicyclic amines) is 1. The average molecular weight is 404 g/mol. The summed E-state index contributed by atoms with van der Waals surface area (Å²) in [6.45, 7) is 4.21. The molecule has 1 aromatic rings. The molecule has 3 N–H and O–H groups in total. The molecule has 0 aromatic carbocycles. The molecule has 0 radical (unpaired) electrons. The smallest absolute Gasteiger partial charge is 0.220 e. The van der Waals surface area contributed by atoms with Crippen LogP contribution in [0.2, 0.25) is 0 Å². The maximum Gasteiger partial charge on any atom is 0.220 e. The fourth-order valence-corrected chi connectivity index (χ4v) is 4.47. The molecule has 162 valence electrons. The van der Waals surface area contributed by atoms with Gasteiger partial charge < -0.3 is 20.4 Å². The molecule has 7 nitrogen and oxygen atoms in total. The summed E-state index contributed by atoms with van der Waals surface area (Å²) < 4.78 is 5.70. The molecule has 0 bridgehead atoms. The summed E-state index contributed by atoms with van der Waals surface area (Å²) in [6.07, 6.45) is 11.2. The maximum atomic E-state index is 12.0. The fourth-order valence-electron chi connectivity index (χ4n) is 4.47. The minimum absolute atomic E-state index is 0.171. The van der Waals surface area contributed by atoms with E-state index in [0.717, 1.165) is 31.4 Å². The van der Waals surface area contributed by atoms with Crippen LogP contribution < -0.4 is 16.0 Å². The van der Waals surface area contributed by atoms with Crippen molar-refractivity contribution in [2.45, 2.75) is 57.4 Å². The first-order valence-corrected chi connectivity index (χ1v) is 11.2. The van der Waals surface area contributed by atoms with Gasteiger partial charge in [0.1, 0.15) is 5.76 Å². The molecule has 2 aliphatic rings. The van der Waals surface area contributed by atoms with Gasteiger partial charge in [-0.05, 0) is 56.8 Å². The molecule has 2 fully saturated rings. The van der Waals surface area contributed by atoms with Gasteiger partial charge in [0.05, 0.1) is 12.3 Å². The van der Waals surface area contributed by atoms with Gasteiger partial charge in [0.2, 0.25) is 5.91 Å². The standard InChI is InChI=1S/C22H37N5O2/c1-23-22(25-12-11-24-21(28)16-18-8-3-4-9-18)26-17-19(20-10-7-15-29-20)27-13-5-2-6-14-27/h7,10,15,18-19H,2-6,8-9,11-14,16-17H2,1H3,(H,24,28)(H2,23,25,26). The first kappa shape index (κ1) is 21.7. The molecule has 1 atom stereocenters. The number of hydrogen-bond acceptors (Lipinski definition) is 4.